The minimum Gasteiger partial charge on any atom is -0.252 e. The van der Waals surface area contributed by atoms with Crippen molar-refractivity contribution >= 4 is 43.8 Å². The van der Waals surface area contributed by atoms with Gasteiger partial charge in [0.1, 0.15) is 0 Å². The molecule has 0 fully saturated rings. The Balaban J connectivity index is 0.980. The largest absolute Gasteiger partial charge is 0.252 e. The minimum atomic E-state index is 0.366. The van der Waals surface area contributed by atoms with Gasteiger partial charge >= 0.3 is 0 Å². The van der Waals surface area contributed by atoms with E-state index in [9.17, 15) is 0 Å². The van der Waals surface area contributed by atoms with Gasteiger partial charge in [-0.3, -0.25) is 4.99 Å². The molecule has 0 bridgehead atoms. The van der Waals surface area contributed by atoms with Gasteiger partial charge in [-0.15, -0.1) is 0 Å². The second kappa shape index (κ2) is 14.3. The van der Waals surface area contributed by atoms with Crippen LogP contribution in [0.1, 0.15) is 18.4 Å². The highest BCUT2D eigenvalue weighted by Gasteiger charge is 2.27. The maximum absolute atomic E-state index is 5.32. The highest BCUT2D eigenvalue weighted by atomic mass is 15.0. The predicted molar refractivity (Wildman–Crippen MR) is 239 cm³/mol. The third-order valence-electron chi connectivity index (χ3n) is 11.5. The van der Waals surface area contributed by atoms with E-state index in [2.05, 4.69) is 182 Å². The number of fused-ring (bicyclic) bond motifs is 6. The summed E-state index contributed by atoms with van der Waals surface area (Å²) in [6, 6.07) is 55.3. The Kier molecular flexibility index (Phi) is 8.36. The van der Waals surface area contributed by atoms with E-state index in [1.165, 1.54) is 22.0 Å². The molecule has 5 heteroatoms. The van der Waals surface area contributed by atoms with Gasteiger partial charge in [0.15, 0.2) is 17.5 Å². The van der Waals surface area contributed by atoms with Gasteiger partial charge in [-0.05, 0) is 82.3 Å². The number of hydrogen-bond donors (Lipinski definition) is 0. The van der Waals surface area contributed by atoms with Crippen LogP contribution in [0.5, 0.6) is 0 Å². The average molecular weight is 744 g/mol. The van der Waals surface area contributed by atoms with Crippen molar-refractivity contribution < 1.29 is 0 Å². The van der Waals surface area contributed by atoms with Gasteiger partial charge in [0, 0.05) is 44.8 Å². The van der Waals surface area contributed by atoms with Crippen molar-refractivity contribution in [3.8, 4) is 56.5 Å². The second-order valence-corrected chi connectivity index (χ2v) is 15.2. The van der Waals surface area contributed by atoms with Crippen LogP contribution in [-0.4, -0.2) is 25.6 Å². The van der Waals surface area contributed by atoms with E-state index >= 15 is 0 Å². The molecule has 11 rings (SSSR count). The molecular formula is C53H37N5. The molecule has 1 aliphatic heterocycles. The molecular weight excluding hydrogens is 707 g/mol. The molecule has 0 saturated heterocycles. The zero-order valence-corrected chi connectivity index (χ0v) is 31.8. The Morgan fingerprint density at radius 1 is 0.448 bits per heavy atom. The maximum Gasteiger partial charge on any atom is 0.164 e. The molecule has 2 aliphatic rings. The minimum absolute atomic E-state index is 0.366. The monoisotopic (exact) mass is 743 g/mol. The summed E-state index contributed by atoms with van der Waals surface area (Å²) >= 11 is 0. The number of pyridine rings is 1. The molecule has 3 heterocycles. The van der Waals surface area contributed by atoms with Crippen LogP contribution in [-0.2, 0) is 6.42 Å². The molecule has 9 aromatic rings. The number of aliphatic imine (C=N–C) groups is 1. The first kappa shape index (κ1) is 33.9. The first-order valence-electron chi connectivity index (χ1n) is 20.0. The van der Waals surface area contributed by atoms with E-state index in [1.54, 1.807) is 0 Å². The quantitative estimate of drug-likeness (QED) is 0.176. The molecule has 1 unspecified atom stereocenters. The van der Waals surface area contributed by atoms with Crippen molar-refractivity contribution in [3.05, 3.63) is 188 Å². The van der Waals surface area contributed by atoms with Crippen molar-refractivity contribution in [1.29, 1.82) is 0 Å². The van der Waals surface area contributed by atoms with Crippen LogP contribution in [0.4, 0.5) is 5.69 Å². The number of nitrogens with zero attached hydrogens (tertiary/aromatic N) is 5. The lowest BCUT2D eigenvalue weighted by Crippen LogP contribution is -2.20. The fraction of sp³-hybridized carbons (Fsp3) is 0.0755. The van der Waals surface area contributed by atoms with E-state index in [-0.39, 0.29) is 0 Å². The van der Waals surface area contributed by atoms with Gasteiger partial charge < -0.3 is 0 Å². The number of allylic oxidation sites excluding steroid dienone is 4. The van der Waals surface area contributed by atoms with Crippen molar-refractivity contribution in [2.24, 2.45) is 10.9 Å². The third kappa shape index (κ3) is 6.27. The normalized spacial score (nSPS) is 14.8. The van der Waals surface area contributed by atoms with Crippen molar-refractivity contribution in [2.75, 3.05) is 0 Å². The summed E-state index contributed by atoms with van der Waals surface area (Å²) in [7, 11) is 0. The van der Waals surface area contributed by atoms with Crippen LogP contribution >= 0.6 is 0 Å². The van der Waals surface area contributed by atoms with Gasteiger partial charge in [0.25, 0.3) is 0 Å². The molecule has 0 saturated carbocycles. The van der Waals surface area contributed by atoms with Crippen LogP contribution in [0.3, 0.4) is 0 Å². The Bertz CT molecular complexity index is 3060. The lowest BCUT2D eigenvalue weighted by molar-refractivity contribution is 0.624. The molecule has 1 atom stereocenters. The summed E-state index contributed by atoms with van der Waals surface area (Å²) in [5.41, 5.74) is 11.6. The lowest BCUT2D eigenvalue weighted by atomic mass is 9.83. The van der Waals surface area contributed by atoms with E-state index < -0.39 is 0 Å². The summed E-state index contributed by atoms with van der Waals surface area (Å²) in [6.07, 6.45) is 11.8. The van der Waals surface area contributed by atoms with Crippen molar-refractivity contribution in [2.45, 2.75) is 19.3 Å². The van der Waals surface area contributed by atoms with Gasteiger partial charge in [0.2, 0.25) is 0 Å². The smallest absolute Gasteiger partial charge is 0.164 e. The van der Waals surface area contributed by atoms with Gasteiger partial charge in [-0.25, -0.2) is 19.9 Å². The molecule has 0 spiro atoms. The molecule has 0 amide bonds. The van der Waals surface area contributed by atoms with Crippen LogP contribution in [0.2, 0.25) is 0 Å². The Hall–Kier alpha value is -7.37. The van der Waals surface area contributed by atoms with Crippen LogP contribution < -0.4 is 0 Å². The topological polar surface area (TPSA) is 63.9 Å². The second-order valence-electron chi connectivity index (χ2n) is 15.2. The van der Waals surface area contributed by atoms with Gasteiger partial charge in [0.05, 0.1) is 16.9 Å². The fourth-order valence-electron chi connectivity index (χ4n) is 8.49. The van der Waals surface area contributed by atoms with Crippen LogP contribution in [0.25, 0.3) is 89.0 Å². The van der Waals surface area contributed by atoms with Gasteiger partial charge in [-0.1, -0.05) is 152 Å². The number of aromatic nitrogens is 4. The van der Waals surface area contributed by atoms with E-state index in [1.807, 2.05) is 0 Å². The maximum atomic E-state index is 5.32. The van der Waals surface area contributed by atoms with Crippen LogP contribution in [0.15, 0.2) is 187 Å². The standard InChI is InChI=1S/C53H37N5/c1-2-4-20-47-41(16-3-1)33-46-49(55-48-21-10-9-19-45(48)50(46)54-47)42-18-11-17-40(30-42)36-22-26-37(27-23-36)51-56-52(43-28-24-34-12-5-7-14-38(34)31-43)58-53(57-51)44-29-25-35-13-6-8-15-39(35)32-44/h1-2,4-15,17-32,41H,3,16,33H2. The lowest BCUT2D eigenvalue weighted by Gasteiger charge is -2.26. The highest BCUT2D eigenvalue weighted by molar-refractivity contribution is 6.06. The Morgan fingerprint density at radius 2 is 1.05 bits per heavy atom. The van der Waals surface area contributed by atoms with E-state index in [0.717, 1.165) is 85.7 Å². The molecule has 58 heavy (non-hydrogen) atoms. The molecule has 2 aromatic heterocycles. The van der Waals surface area contributed by atoms with Gasteiger partial charge in [-0.2, -0.15) is 0 Å². The zero-order chi connectivity index (χ0) is 38.4. The first-order valence-corrected chi connectivity index (χ1v) is 20.0. The molecule has 0 radical (unpaired) electrons. The Labute approximate surface area is 336 Å². The molecule has 5 nitrogen and oxygen atoms in total. The zero-order valence-electron chi connectivity index (χ0n) is 31.8. The summed E-state index contributed by atoms with van der Waals surface area (Å²) in [6.45, 7) is 0. The Morgan fingerprint density at radius 3 is 1.78 bits per heavy atom. The fourth-order valence-corrected chi connectivity index (χ4v) is 8.49. The third-order valence-corrected chi connectivity index (χ3v) is 11.5. The number of benzene rings is 7. The molecule has 1 aliphatic carbocycles. The molecule has 7 aromatic carbocycles. The van der Waals surface area contributed by atoms with Crippen LogP contribution in [0, 0.1) is 5.92 Å². The van der Waals surface area contributed by atoms with Crippen molar-refractivity contribution in [1.82, 2.24) is 19.9 Å². The molecule has 274 valence electrons. The van der Waals surface area contributed by atoms with Crippen molar-refractivity contribution in [3.63, 3.8) is 0 Å². The van der Waals surface area contributed by atoms with E-state index in [0.29, 0.717) is 23.4 Å². The first-order chi connectivity index (χ1) is 28.7. The summed E-state index contributed by atoms with van der Waals surface area (Å²) in [4.78, 5) is 25.8. The number of rotatable bonds is 5. The van der Waals surface area contributed by atoms with E-state index in [4.69, 9.17) is 24.9 Å². The summed E-state index contributed by atoms with van der Waals surface area (Å²) < 4.78 is 0. The predicted octanol–water partition coefficient (Wildman–Crippen LogP) is 13.2. The summed E-state index contributed by atoms with van der Waals surface area (Å²) in [5, 5.41) is 5.76. The average Bonchev–Trinajstić information content (AvgIpc) is 3.28. The summed E-state index contributed by atoms with van der Waals surface area (Å²) in [5.74, 6) is 2.29. The molecule has 0 N–H and O–H groups in total. The number of hydrogen-bond acceptors (Lipinski definition) is 5. The SMILES string of the molecule is C1=CCCC2Cc3c(-c4cccc(-c5ccc(-c6nc(-c7ccc8ccccc8c7)nc(-c7ccc8ccccc8c7)n6)cc5)c4)nc4ccccc4c3N=C2C=C1. The highest BCUT2D eigenvalue weighted by Crippen LogP contribution is 2.42. The number of para-hydroxylation sites is 1.